The number of halogens is 1. The Morgan fingerprint density at radius 3 is 2.77 bits per heavy atom. The molecule has 2 heterocycles. The first kappa shape index (κ1) is 17.7. The van der Waals surface area contributed by atoms with Crippen LogP contribution in [0.2, 0.25) is 0 Å². The van der Waals surface area contributed by atoms with Crippen molar-refractivity contribution in [2.24, 2.45) is 0 Å². The molecule has 2 N–H and O–H groups in total. The lowest BCUT2D eigenvalue weighted by molar-refractivity contribution is -0.113. The molecule has 3 amide bonds. The fraction of sp³-hybridized carbons (Fsp3) is 0.278. The summed E-state index contributed by atoms with van der Waals surface area (Å²) in [5.74, 6) is -0.0618. The number of nitrogens with zero attached hydrogens (tertiary/aromatic N) is 2. The highest BCUT2D eigenvalue weighted by molar-refractivity contribution is 6.06. The van der Waals surface area contributed by atoms with Gasteiger partial charge in [0.25, 0.3) is 5.91 Å². The Kier molecular flexibility index (Phi) is 4.75. The zero-order valence-corrected chi connectivity index (χ0v) is 14.7. The van der Waals surface area contributed by atoms with Crippen LogP contribution in [0.3, 0.4) is 0 Å². The molecular formula is C18H19FN4O3. The van der Waals surface area contributed by atoms with Gasteiger partial charge in [0, 0.05) is 18.3 Å². The van der Waals surface area contributed by atoms with Gasteiger partial charge in [-0.2, -0.15) is 0 Å². The van der Waals surface area contributed by atoms with E-state index in [4.69, 9.17) is 4.52 Å². The highest BCUT2D eigenvalue weighted by Gasteiger charge is 2.35. The Balaban J connectivity index is 2.03. The molecule has 0 saturated heterocycles. The molecule has 0 fully saturated rings. The second kappa shape index (κ2) is 6.99. The van der Waals surface area contributed by atoms with E-state index in [-0.39, 0.29) is 11.8 Å². The molecule has 1 aliphatic rings. The summed E-state index contributed by atoms with van der Waals surface area (Å²) in [5.41, 5.74) is 1.30. The second-order valence-electron chi connectivity index (χ2n) is 5.96. The van der Waals surface area contributed by atoms with Crippen molar-refractivity contribution in [3.05, 3.63) is 58.7 Å². The molecule has 0 bridgehead atoms. The number of hydrogen-bond donors (Lipinski definition) is 2. The van der Waals surface area contributed by atoms with Gasteiger partial charge < -0.3 is 15.2 Å². The molecule has 1 atom stereocenters. The summed E-state index contributed by atoms with van der Waals surface area (Å²) in [6, 6.07) is 6.28. The van der Waals surface area contributed by atoms with E-state index in [1.165, 1.54) is 23.1 Å². The van der Waals surface area contributed by atoms with E-state index < -0.39 is 17.8 Å². The summed E-state index contributed by atoms with van der Waals surface area (Å²) < 4.78 is 18.6. The van der Waals surface area contributed by atoms with Crippen molar-refractivity contribution in [1.82, 2.24) is 15.4 Å². The molecule has 8 heteroatoms. The van der Waals surface area contributed by atoms with Crippen molar-refractivity contribution in [2.75, 3.05) is 11.9 Å². The van der Waals surface area contributed by atoms with Crippen LogP contribution in [-0.2, 0) is 4.79 Å². The molecule has 1 unspecified atom stereocenters. The van der Waals surface area contributed by atoms with E-state index in [0.717, 1.165) is 0 Å². The van der Waals surface area contributed by atoms with Crippen LogP contribution in [0.1, 0.15) is 31.2 Å². The third kappa shape index (κ3) is 3.30. The van der Waals surface area contributed by atoms with Crippen molar-refractivity contribution in [3.8, 4) is 0 Å². The molecule has 2 aromatic rings. The van der Waals surface area contributed by atoms with Gasteiger partial charge in [-0.15, -0.1) is 0 Å². The summed E-state index contributed by atoms with van der Waals surface area (Å²) in [5, 5.41) is 9.19. The summed E-state index contributed by atoms with van der Waals surface area (Å²) >= 11 is 0. The van der Waals surface area contributed by atoms with E-state index in [1.54, 1.807) is 26.0 Å². The van der Waals surface area contributed by atoms with E-state index >= 15 is 0 Å². The Hall–Kier alpha value is -3.16. The molecule has 136 valence electrons. The molecule has 0 spiro atoms. The van der Waals surface area contributed by atoms with Crippen molar-refractivity contribution >= 4 is 17.8 Å². The topological polar surface area (TPSA) is 87.5 Å². The van der Waals surface area contributed by atoms with Gasteiger partial charge in [0.2, 0.25) is 0 Å². The molecule has 3 rings (SSSR count). The summed E-state index contributed by atoms with van der Waals surface area (Å²) in [4.78, 5) is 26.7. The third-order valence-corrected chi connectivity index (χ3v) is 4.21. The molecule has 1 aromatic carbocycles. The Bertz CT molecular complexity index is 890. The molecule has 1 aliphatic heterocycles. The lowest BCUT2D eigenvalue weighted by atomic mass is 9.94. The molecular weight excluding hydrogens is 339 g/mol. The fourth-order valence-electron chi connectivity index (χ4n) is 3.00. The first-order valence-electron chi connectivity index (χ1n) is 8.19. The lowest BCUT2D eigenvalue weighted by Gasteiger charge is -2.35. The number of rotatable bonds is 4. The number of carbonyl (C=O) groups excluding carboxylic acids is 2. The zero-order chi connectivity index (χ0) is 18.8. The number of amides is 3. The minimum Gasteiger partial charge on any atom is -0.360 e. The van der Waals surface area contributed by atoms with Crippen molar-refractivity contribution in [1.29, 1.82) is 0 Å². The summed E-state index contributed by atoms with van der Waals surface area (Å²) in [6.45, 7) is 5.61. The van der Waals surface area contributed by atoms with Crippen LogP contribution in [-0.4, -0.2) is 28.5 Å². The second-order valence-corrected chi connectivity index (χ2v) is 5.96. The van der Waals surface area contributed by atoms with Gasteiger partial charge in [-0.1, -0.05) is 17.3 Å². The van der Waals surface area contributed by atoms with Crippen molar-refractivity contribution in [3.63, 3.8) is 0 Å². The molecule has 1 aromatic heterocycles. The van der Waals surface area contributed by atoms with Gasteiger partial charge >= 0.3 is 6.03 Å². The van der Waals surface area contributed by atoms with Crippen molar-refractivity contribution in [2.45, 2.75) is 26.8 Å². The van der Waals surface area contributed by atoms with Gasteiger partial charge in [0.15, 0.2) is 5.82 Å². The lowest BCUT2D eigenvalue weighted by Crippen LogP contribution is -2.48. The van der Waals surface area contributed by atoms with Crippen LogP contribution in [0.15, 0.2) is 46.1 Å². The maximum Gasteiger partial charge on any atom is 0.322 e. The SMILES string of the molecule is CCN1C(=O)NC(c2cccc(F)c2)C(C(=O)Nc2cc(C)on2)=C1C. The Morgan fingerprint density at radius 1 is 1.38 bits per heavy atom. The van der Waals surface area contributed by atoms with Crippen LogP contribution in [0.25, 0.3) is 0 Å². The van der Waals surface area contributed by atoms with Gasteiger partial charge in [0.05, 0.1) is 11.6 Å². The number of nitrogens with one attached hydrogen (secondary N) is 2. The minimum atomic E-state index is -0.769. The number of aromatic nitrogens is 1. The average Bonchev–Trinajstić information content (AvgIpc) is 2.99. The molecule has 7 nitrogen and oxygen atoms in total. The molecule has 0 radical (unpaired) electrons. The van der Waals surface area contributed by atoms with Gasteiger partial charge in [-0.05, 0) is 38.5 Å². The van der Waals surface area contributed by atoms with Crippen LogP contribution in [0, 0.1) is 12.7 Å². The average molecular weight is 358 g/mol. The van der Waals surface area contributed by atoms with E-state index in [2.05, 4.69) is 15.8 Å². The minimum absolute atomic E-state index is 0.269. The maximum absolute atomic E-state index is 13.7. The first-order chi connectivity index (χ1) is 12.4. The van der Waals surface area contributed by atoms with E-state index in [0.29, 0.717) is 29.1 Å². The largest absolute Gasteiger partial charge is 0.360 e. The van der Waals surface area contributed by atoms with E-state index in [1.807, 2.05) is 6.92 Å². The standard InChI is InChI=1S/C18H19FN4O3/c1-4-23-11(3)15(17(24)20-14-8-10(2)26-22-14)16(21-18(23)25)12-6-5-7-13(19)9-12/h5-9,16H,4H2,1-3H3,(H,21,25)(H,20,22,24). The van der Waals surface area contributed by atoms with Crippen LogP contribution < -0.4 is 10.6 Å². The number of hydrogen-bond acceptors (Lipinski definition) is 4. The number of allylic oxidation sites excluding steroid dienone is 1. The highest BCUT2D eigenvalue weighted by Crippen LogP contribution is 2.31. The monoisotopic (exact) mass is 358 g/mol. The molecule has 0 saturated carbocycles. The van der Waals surface area contributed by atoms with Crippen LogP contribution >= 0.6 is 0 Å². The zero-order valence-electron chi connectivity index (χ0n) is 14.7. The van der Waals surface area contributed by atoms with Gasteiger partial charge in [-0.3, -0.25) is 9.69 Å². The summed E-state index contributed by atoms with van der Waals surface area (Å²) in [7, 11) is 0. The van der Waals surface area contributed by atoms with Gasteiger partial charge in [-0.25, -0.2) is 9.18 Å². The molecule has 26 heavy (non-hydrogen) atoms. The van der Waals surface area contributed by atoms with Crippen molar-refractivity contribution < 1.29 is 18.5 Å². The predicted octanol–water partition coefficient (Wildman–Crippen LogP) is 3.12. The number of aryl methyl sites for hydroxylation is 1. The highest BCUT2D eigenvalue weighted by atomic mass is 19.1. The quantitative estimate of drug-likeness (QED) is 0.879. The maximum atomic E-state index is 13.7. The normalized spacial score (nSPS) is 17.3. The number of carbonyl (C=O) groups is 2. The Labute approximate surface area is 149 Å². The fourth-order valence-corrected chi connectivity index (χ4v) is 3.00. The molecule has 0 aliphatic carbocycles. The number of benzene rings is 1. The summed E-state index contributed by atoms with van der Waals surface area (Å²) in [6.07, 6.45) is 0. The van der Waals surface area contributed by atoms with E-state index in [9.17, 15) is 14.0 Å². The smallest absolute Gasteiger partial charge is 0.322 e. The van der Waals surface area contributed by atoms with Crippen LogP contribution in [0.5, 0.6) is 0 Å². The predicted molar refractivity (Wildman–Crippen MR) is 92.6 cm³/mol. The third-order valence-electron chi connectivity index (χ3n) is 4.21. The number of anilines is 1. The first-order valence-corrected chi connectivity index (χ1v) is 8.19. The van der Waals surface area contributed by atoms with Gasteiger partial charge in [0.1, 0.15) is 11.6 Å². The Morgan fingerprint density at radius 2 is 2.15 bits per heavy atom. The van der Waals surface area contributed by atoms with Crippen LogP contribution in [0.4, 0.5) is 15.0 Å². The number of urea groups is 1.